The van der Waals surface area contributed by atoms with E-state index in [1.807, 2.05) is 18.2 Å². The van der Waals surface area contributed by atoms with E-state index in [2.05, 4.69) is 0 Å². The Balaban J connectivity index is 1.97. The van der Waals surface area contributed by atoms with Gasteiger partial charge in [-0.15, -0.1) is 0 Å². The zero-order chi connectivity index (χ0) is 15.2. The standard InChI is InChI=1S/C16H18ClNO3/c17-14-6-2-1-4-12(14)7-8-15(19)18-10-3-5-13(9-11-18)16(20)21/h1-2,4,6-8,13H,3,5,9-11H2,(H,20,21). The van der Waals surface area contributed by atoms with Crippen molar-refractivity contribution in [2.75, 3.05) is 13.1 Å². The predicted octanol–water partition coefficient (Wildman–Crippen LogP) is 3.07. The van der Waals surface area contributed by atoms with Gasteiger partial charge in [-0.1, -0.05) is 29.8 Å². The lowest BCUT2D eigenvalue weighted by Crippen LogP contribution is -2.30. The van der Waals surface area contributed by atoms with E-state index in [1.54, 1.807) is 17.0 Å². The number of aliphatic carboxylic acids is 1. The van der Waals surface area contributed by atoms with Crippen molar-refractivity contribution >= 4 is 29.6 Å². The molecule has 1 aromatic carbocycles. The monoisotopic (exact) mass is 307 g/mol. The molecule has 0 bridgehead atoms. The molecule has 0 aromatic heterocycles. The molecule has 1 aliphatic rings. The number of hydrogen-bond acceptors (Lipinski definition) is 2. The second-order valence-electron chi connectivity index (χ2n) is 5.15. The number of carbonyl (C=O) groups excluding carboxylic acids is 1. The predicted molar refractivity (Wildman–Crippen MR) is 82.0 cm³/mol. The van der Waals surface area contributed by atoms with Gasteiger partial charge in [0, 0.05) is 24.2 Å². The van der Waals surface area contributed by atoms with Crippen LogP contribution in [0.15, 0.2) is 30.3 Å². The first-order chi connectivity index (χ1) is 10.1. The summed E-state index contributed by atoms with van der Waals surface area (Å²) in [5, 5.41) is 9.64. The maximum absolute atomic E-state index is 12.2. The van der Waals surface area contributed by atoms with Gasteiger partial charge in [0.1, 0.15) is 0 Å². The maximum Gasteiger partial charge on any atom is 0.306 e. The Morgan fingerprint density at radius 3 is 2.71 bits per heavy atom. The average Bonchev–Trinajstić information content (AvgIpc) is 2.72. The Kier molecular flexibility index (Phi) is 5.39. The highest BCUT2D eigenvalue weighted by Crippen LogP contribution is 2.19. The smallest absolute Gasteiger partial charge is 0.306 e. The minimum atomic E-state index is -0.768. The molecule has 1 fully saturated rings. The number of carboxylic acid groups (broad SMARTS) is 1. The van der Waals surface area contributed by atoms with Gasteiger partial charge in [0.05, 0.1) is 5.92 Å². The molecule has 5 heteroatoms. The number of halogens is 1. The molecule has 4 nitrogen and oxygen atoms in total. The Labute approximate surface area is 129 Å². The van der Waals surface area contributed by atoms with Crippen molar-refractivity contribution in [3.63, 3.8) is 0 Å². The summed E-state index contributed by atoms with van der Waals surface area (Å²) in [6.07, 6.45) is 5.07. The zero-order valence-electron chi connectivity index (χ0n) is 11.7. The van der Waals surface area contributed by atoms with Crippen LogP contribution in [-0.2, 0) is 9.59 Å². The normalized spacial score (nSPS) is 19.5. The van der Waals surface area contributed by atoms with Gasteiger partial charge in [0.25, 0.3) is 0 Å². The van der Waals surface area contributed by atoms with Crippen molar-refractivity contribution < 1.29 is 14.7 Å². The molecule has 112 valence electrons. The van der Waals surface area contributed by atoms with Crippen molar-refractivity contribution in [2.24, 2.45) is 5.92 Å². The van der Waals surface area contributed by atoms with Crippen LogP contribution in [0, 0.1) is 5.92 Å². The summed E-state index contributed by atoms with van der Waals surface area (Å²) in [4.78, 5) is 24.9. The van der Waals surface area contributed by atoms with E-state index >= 15 is 0 Å². The molecule has 1 amide bonds. The van der Waals surface area contributed by atoms with Crippen LogP contribution in [-0.4, -0.2) is 35.0 Å². The van der Waals surface area contributed by atoms with Crippen LogP contribution >= 0.6 is 11.6 Å². The molecule has 0 saturated carbocycles. The van der Waals surface area contributed by atoms with Crippen molar-refractivity contribution in [2.45, 2.75) is 19.3 Å². The molecular formula is C16H18ClNO3. The van der Waals surface area contributed by atoms with Crippen molar-refractivity contribution in [3.05, 3.63) is 40.9 Å². The first-order valence-electron chi connectivity index (χ1n) is 7.02. The molecule has 1 N–H and O–H groups in total. The summed E-state index contributed by atoms with van der Waals surface area (Å²) in [5.74, 6) is -1.20. The number of benzene rings is 1. The summed E-state index contributed by atoms with van der Waals surface area (Å²) in [6.45, 7) is 1.10. The van der Waals surface area contributed by atoms with E-state index in [-0.39, 0.29) is 11.8 Å². The first kappa shape index (κ1) is 15.6. The van der Waals surface area contributed by atoms with Crippen molar-refractivity contribution in [1.29, 1.82) is 0 Å². The van der Waals surface area contributed by atoms with Crippen LogP contribution in [0.1, 0.15) is 24.8 Å². The molecule has 1 aliphatic heterocycles. The second-order valence-corrected chi connectivity index (χ2v) is 5.55. The second kappa shape index (κ2) is 7.27. The number of amides is 1. The molecule has 1 saturated heterocycles. The van der Waals surface area contributed by atoms with Crippen LogP contribution in [0.2, 0.25) is 5.02 Å². The minimum absolute atomic E-state index is 0.0963. The average molecular weight is 308 g/mol. The van der Waals surface area contributed by atoms with Gasteiger partial charge in [-0.3, -0.25) is 9.59 Å². The molecule has 0 spiro atoms. The lowest BCUT2D eigenvalue weighted by atomic mass is 10.0. The highest BCUT2D eigenvalue weighted by molar-refractivity contribution is 6.32. The Morgan fingerprint density at radius 1 is 1.24 bits per heavy atom. The van der Waals surface area contributed by atoms with Gasteiger partial charge in [-0.05, 0) is 37.0 Å². The third-order valence-electron chi connectivity index (χ3n) is 3.70. The fourth-order valence-electron chi connectivity index (χ4n) is 2.44. The number of carbonyl (C=O) groups is 2. The van der Waals surface area contributed by atoms with Gasteiger partial charge in [-0.2, -0.15) is 0 Å². The molecular weight excluding hydrogens is 290 g/mol. The van der Waals surface area contributed by atoms with Crippen LogP contribution < -0.4 is 0 Å². The first-order valence-corrected chi connectivity index (χ1v) is 7.40. The summed E-state index contributed by atoms with van der Waals surface area (Å²) in [7, 11) is 0. The van der Waals surface area contributed by atoms with Crippen LogP contribution in [0.4, 0.5) is 0 Å². The largest absolute Gasteiger partial charge is 0.481 e. The molecule has 21 heavy (non-hydrogen) atoms. The molecule has 2 rings (SSSR count). The number of carboxylic acids is 1. The summed E-state index contributed by atoms with van der Waals surface area (Å²) < 4.78 is 0. The van der Waals surface area contributed by atoms with Gasteiger partial charge in [0.2, 0.25) is 5.91 Å². The topological polar surface area (TPSA) is 57.6 Å². The summed E-state index contributed by atoms with van der Waals surface area (Å²) in [5.41, 5.74) is 0.797. The van der Waals surface area contributed by atoms with E-state index in [1.165, 1.54) is 6.08 Å². The van der Waals surface area contributed by atoms with Crippen LogP contribution in [0.3, 0.4) is 0 Å². The number of nitrogens with zero attached hydrogens (tertiary/aromatic N) is 1. The lowest BCUT2D eigenvalue weighted by Gasteiger charge is -2.18. The van der Waals surface area contributed by atoms with Gasteiger partial charge in [-0.25, -0.2) is 0 Å². The Hall–Kier alpha value is -1.81. The van der Waals surface area contributed by atoms with E-state index in [4.69, 9.17) is 16.7 Å². The highest BCUT2D eigenvalue weighted by atomic mass is 35.5. The molecule has 1 atom stereocenters. The summed E-state index contributed by atoms with van der Waals surface area (Å²) in [6, 6.07) is 7.31. The highest BCUT2D eigenvalue weighted by Gasteiger charge is 2.23. The fraction of sp³-hybridized carbons (Fsp3) is 0.375. The third kappa shape index (κ3) is 4.33. The lowest BCUT2D eigenvalue weighted by molar-refractivity contribution is -0.142. The Bertz CT molecular complexity index is 556. The van der Waals surface area contributed by atoms with Gasteiger partial charge >= 0.3 is 5.97 Å². The maximum atomic E-state index is 12.2. The van der Waals surface area contributed by atoms with Crippen LogP contribution in [0.25, 0.3) is 6.08 Å². The van der Waals surface area contributed by atoms with E-state index in [0.29, 0.717) is 31.0 Å². The van der Waals surface area contributed by atoms with Crippen molar-refractivity contribution in [1.82, 2.24) is 4.90 Å². The van der Waals surface area contributed by atoms with E-state index < -0.39 is 5.97 Å². The molecule has 0 aliphatic carbocycles. The molecule has 1 heterocycles. The Morgan fingerprint density at radius 2 is 2.00 bits per heavy atom. The molecule has 1 aromatic rings. The minimum Gasteiger partial charge on any atom is -0.481 e. The molecule has 0 radical (unpaired) electrons. The zero-order valence-corrected chi connectivity index (χ0v) is 12.4. The number of likely N-dealkylation sites (tertiary alicyclic amines) is 1. The van der Waals surface area contributed by atoms with E-state index in [9.17, 15) is 9.59 Å². The van der Waals surface area contributed by atoms with Crippen molar-refractivity contribution in [3.8, 4) is 0 Å². The number of hydrogen-bond donors (Lipinski definition) is 1. The quantitative estimate of drug-likeness (QED) is 0.873. The molecule has 1 unspecified atom stereocenters. The SMILES string of the molecule is O=C(O)C1CCCN(C(=O)C=Cc2ccccc2Cl)CC1. The third-order valence-corrected chi connectivity index (χ3v) is 4.04. The van der Waals surface area contributed by atoms with Gasteiger partial charge in [0.15, 0.2) is 0 Å². The number of rotatable bonds is 3. The fourth-order valence-corrected chi connectivity index (χ4v) is 2.64. The van der Waals surface area contributed by atoms with Crippen LogP contribution in [0.5, 0.6) is 0 Å². The summed E-state index contributed by atoms with van der Waals surface area (Å²) >= 11 is 6.03. The van der Waals surface area contributed by atoms with Gasteiger partial charge < -0.3 is 10.0 Å². The van der Waals surface area contributed by atoms with E-state index in [0.717, 1.165) is 12.0 Å².